The van der Waals surface area contributed by atoms with E-state index in [0.29, 0.717) is 0 Å². The van der Waals surface area contributed by atoms with Crippen molar-refractivity contribution < 1.29 is 18.3 Å². The molecule has 2 rings (SSSR count). The Morgan fingerprint density at radius 3 is 2.57 bits per heavy atom. The number of anilines is 1. The molecule has 0 aliphatic heterocycles. The van der Waals surface area contributed by atoms with Gasteiger partial charge in [0.05, 0.1) is 22.5 Å². The van der Waals surface area contributed by atoms with Crippen molar-refractivity contribution in [1.29, 1.82) is 0 Å². The van der Waals surface area contributed by atoms with Crippen molar-refractivity contribution in [2.75, 3.05) is 4.72 Å². The number of nitrogens with one attached hydrogen (secondary N) is 1. The van der Waals surface area contributed by atoms with Crippen LogP contribution in [-0.4, -0.2) is 24.5 Å². The number of halogens is 2. The molecule has 21 heavy (non-hydrogen) atoms. The Bertz CT molecular complexity index is 809. The summed E-state index contributed by atoms with van der Waals surface area (Å²) in [6.45, 7) is 0. The summed E-state index contributed by atoms with van der Waals surface area (Å²) in [6.07, 6.45) is 2.29. The van der Waals surface area contributed by atoms with E-state index in [4.69, 9.17) is 28.3 Å². The molecule has 6 nitrogen and oxygen atoms in total. The fraction of sp³-hybridized carbons (Fsp3) is 0. The van der Waals surface area contributed by atoms with Crippen LogP contribution in [-0.2, 0) is 10.0 Å². The molecule has 0 atom stereocenters. The first-order chi connectivity index (χ1) is 9.79. The fourth-order valence-corrected chi connectivity index (χ4v) is 3.30. The molecule has 0 fully saturated rings. The van der Waals surface area contributed by atoms with Crippen molar-refractivity contribution in [3.05, 3.63) is 52.3 Å². The predicted molar refractivity (Wildman–Crippen MR) is 78.5 cm³/mol. The van der Waals surface area contributed by atoms with Crippen LogP contribution in [0.4, 0.5) is 5.69 Å². The normalized spacial score (nSPS) is 11.1. The number of benzene rings is 1. The predicted octanol–water partition coefficient (Wildman–Crippen LogP) is 2.89. The third kappa shape index (κ3) is 3.63. The van der Waals surface area contributed by atoms with E-state index in [0.717, 1.165) is 12.3 Å². The Hall–Kier alpha value is -1.83. The number of aromatic carboxylic acids is 1. The van der Waals surface area contributed by atoms with Crippen LogP contribution in [0.1, 0.15) is 10.4 Å². The molecule has 0 aliphatic carbocycles. The van der Waals surface area contributed by atoms with E-state index in [1.54, 1.807) is 0 Å². The van der Waals surface area contributed by atoms with Crippen molar-refractivity contribution in [3.63, 3.8) is 0 Å². The minimum Gasteiger partial charge on any atom is -0.478 e. The average molecular weight is 347 g/mol. The van der Waals surface area contributed by atoms with E-state index in [1.165, 1.54) is 24.4 Å². The maximum atomic E-state index is 12.2. The van der Waals surface area contributed by atoms with Crippen LogP contribution in [0.5, 0.6) is 0 Å². The van der Waals surface area contributed by atoms with E-state index in [2.05, 4.69) is 9.71 Å². The Balaban J connectivity index is 2.40. The fourth-order valence-electron chi connectivity index (χ4n) is 1.51. The van der Waals surface area contributed by atoms with E-state index in [1.807, 2.05) is 0 Å². The highest BCUT2D eigenvalue weighted by Gasteiger charge is 2.19. The van der Waals surface area contributed by atoms with Gasteiger partial charge in [-0.25, -0.2) is 13.2 Å². The van der Waals surface area contributed by atoms with Crippen LogP contribution in [0.15, 0.2) is 41.6 Å². The maximum absolute atomic E-state index is 12.2. The van der Waals surface area contributed by atoms with Crippen LogP contribution < -0.4 is 4.72 Å². The van der Waals surface area contributed by atoms with Crippen LogP contribution in [0.25, 0.3) is 0 Å². The highest BCUT2D eigenvalue weighted by atomic mass is 35.5. The van der Waals surface area contributed by atoms with Gasteiger partial charge in [0, 0.05) is 11.2 Å². The summed E-state index contributed by atoms with van der Waals surface area (Å²) in [4.78, 5) is 14.3. The average Bonchev–Trinajstić information content (AvgIpc) is 2.41. The third-order valence-corrected chi connectivity index (χ3v) is 4.52. The molecule has 2 N–H and O–H groups in total. The Morgan fingerprint density at radius 1 is 1.19 bits per heavy atom. The maximum Gasteiger partial charge on any atom is 0.337 e. The van der Waals surface area contributed by atoms with Crippen molar-refractivity contribution in [3.8, 4) is 0 Å². The number of sulfonamides is 1. The topological polar surface area (TPSA) is 96.4 Å². The minimum atomic E-state index is -4.01. The molecule has 0 radical (unpaired) electrons. The molecule has 1 aromatic carbocycles. The molecule has 9 heteroatoms. The zero-order valence-corrected chi connectivity index (χ0v) is 12.6. The molecular weight excluding hydrogens is 339 g/mol. The lowest BCUT2D eigenvalue weighted by Gasteiger charge is -2.10. The molecule has 2 aromatic rings. The molecule has 1 heterocycles. The second-order valence-corrected chi connectivity index (χ2v) is 6.44. The quantitative estimate of drug-likeness (QED) is 0.887. The van der Waals surface area contributed by atoms with Crippen molar-refractivity contribution in [1.82, 2.24) is 4.98 Å². The van der Waals surface area contributed by atoms with Gasteiger partial charge in [-0.1, -0.05) is 23.2 Å². The second-order valence-electron chi connectivity index (χ2n) is 3.95. The molecule has 1 aromatic heterocycles. The van der Waals surface area contributed by atoms with Crippen LogP contribution >= 0.6 is 23.2 Å². The highest BCUT2D eigenvalue weighted by Crippen LogP contribution is 2.26. The Morgan fingerprint density at radius 2 is 1.90 bits per heavy atom. The van der Waals surface area contributed by atoms with Gasteiger partial charge >= 0.3 is 5.97 Å². The molecule has 0 spiro atoms. The molecule has 0 bridgehead atoms. The number of aromatic nitrogens is 1. The standard InChI is InChI=1S/C12H8Cl2N2O4S/c13-8-1-2-10(14)11(4-8)21(19,20)16-9-3-7(12(17)18)5-15-6-9/h1-6,16H,(H,17,18). The molecule has 0 saturated carbocycles. The molecular formula is C12H8Cl2N2O4S. The Kier molecular flexibility index (Phi) is 4.36. The number of hydrogen-bond acceptors (Lipinski definition) is 4. The van der Waals surface area contributed by atoms with Gasteiger partial charge in [0.2, 0.25) is 0 Å². The van der Waals surface area contributed by atoms with Gasteiger partial charge in [-0.15, -0.1) is 0 Å². The lowest BCUT2D eigenvalue weighted by molar-refractivity contribution is 0.0696. The number of carbonyl (C=O) groups is 1. The number of nitrogens with zero attached hydrogens (tertiary/aromatic N) is 1. The first kappa shape index (κ1) is 15.6. The highest BCUT2D eigenvalue weighted by molar-refractivity contribution is 7.92. The first-order valence-corrected chi connectivity index (χ1v) is 7.70. The molecule has 0 saturated heterocycles. The summed E-state index contributed by atoms with van der Waals surface area (Å²) < 4.78 is 26.7. The summed E-state index contributed by atoms with van der Waals surface area (Å²) in [5.74, 6) is -1.22. The summed E-state index contributed by atoms with van der Waals surface area (Å²) in [5, 5.41) is 9.05. The summed E-state index contributed by atoms with van der Waals surface area (Å²) in [5.41, 5.74) is -0.140. The summed E-state index contributed by atoms with van der Waals surface area (Å²) in [7, 11) is -4.01. The van der Waals surface area contributed by atoms with Crippen LogP contribution in [0.2, 0.25) is 10.0 Å². The van der Waals surface area contributed by atoms with E-state index in [9.17, 15) is 13.2 Å². The smallest absolute Gasteiger partial charge is 0.337 e. The number of carboxylic acids is 1. The molecule has 110 valence electrons. The van der Waals surface area contributed by atoms with Crippen LogP contribution in [0.3, 0.4) is 0 Å². The number of carboxylic acid groups (broad SMARTS) is 1. The molecule has 0 amide bonds. The first-order valence-electron chi connectivity index (χ1n) is 5.46. The SMILES string of the molecule is O=C(O)c1cncc(NS(=O)(=O)c2cc(Cl)ccc2Cl)c1. The zero-order valence-electron chi connectivity index (χ0n) is 10.2. The minimum absolute atomic E-state index is 0.00533. The number of hydrogen-bond donors (Lipinski definition) is 2. The van der Waals surface area contributed by atoms with E-state index >= 15 is 0 Å². The monoisotopic (exact) mass is 346 g/mol. The van der Waals surface area contributed by atoms with Gasteiger partial charge in [-0.2, -0.15) is 0 Å². The van der Waals surface area contributed by atoms with Crippen LogP contribution in [0, 0.1) is 0 Å². The third-order valence-electron chi connectivity index (χ3n) is 2.42. The Labute approximate surface area is 130 Å². The van der Waals surface area contributed by atoms with Crippen molar-refractivity contribution in [2.24, 2.45) is 0 Å². The van der Waals surface area contributed by atoms with Gasteiger partial charge in [-0.3, -0.25) is 9.71 Å². The van der Waals surface area contributed by atoms with Gasteiger partial charge in [0.1, 0.15) is 4.90 Å². The summed E-state index contributed by atoms with van der Waals surface area (Å²) in [6, 6.07) is 5.14. The van der Waals surface area contributed by atoms with Crippen molar-refractivity contribution in [2.45, 2.75) is 4.90 Å². The molecule has 0 unspecified atom stereocenters. The second kappa shape index (κ2) is 5.88. The number of rotatable bonds is 4. The van der Waals surface area contributed by atoms with Crippen molar-refractivity contribution >= 4 is 44.9 Å². The zero-order chi connectivity index (χ0) is 15.6. The van der Waals surface area contributed by atoms with E-state index < -0.39 is 16.0 Å². The van der Waals surface area contributed by atoms with Gasteiger partial charge in [0.25, 0.3) is 10.0 Å². The van der Waals surface area contributed by atoms with Gasteiger partial charge in [0.15, 0.2) is 0 Å². The van der Waals surface area contributed by atoms with E-state index in [-0.39, 0.29) is 26.2 Å². The van der Waals surface area contributed by atoms with Gasteiger partial charge < -0.3 is 5.11 Å². The van der Waals surface area contributed by atoms with Gasteiger partial charge in [-0.05, 0) is 24.3 Å². The molecule has 0 aliphatic rings. The lowest BCUT2D eigenvalue weighted by atomic mass is 10.3. The lowest BCUT2D eigenvalue weighted by Crippen LogP contribution is -2.14. The largest absolute Gasteiger partial charge is 0.478 e. The summed E-state index contributed by atoms with van der Waals surface area (Å²) >= 11 is 11.6. The number of pyridine rings is 1.